The summed E-state index contributed by atoms with van der Waals surface area (Å²) in [6, 6.07) is 24.8. The van der Waals surface area contributed by atoms with Gasteiger partial charge in [0.2, 0.25) is 0 Å². The molecule has 4 rings (SSSR count). The fourth-order valence-corrected chi connectivity index (χ4v) is 3.59. The van der Waals surface area contributed by atoms with Crippen molar-refractivity contribution in [3.05, 3.63) is 89.7 Å². The average Bonchev–Trinajstić information content (AvgIpc) is 3.09. The van der Waals surface area contributed by atoms with Gasteiger partial charge in [-0.1, -0.05) is 69.3 Å². The number of hydrogen-bond acceptors (Lipinski definition) is 3. The zero-order chi connectivity index (χ0) is 21.1. The van der Waals surface area contributed by atoms with Crippen LogP contribution in [0.15, 0.2) is 72.8 Å². The van der Waals surface area contributed by atoms with E-state index in [4.69, 9.17) is 14.5 Å². The van der Waals surface area contributed by atoms with Crippen LogP contribution in [-0.4, -0.2) is 16.7 Å². The molecule has 0 bridgehead atoms. The fraction of sp³-hybridized carbons (Fsp3) is 0.269. The van der Waals surface area contributed by atoms with Gasteiger partial charge in [0.25, 0.3) is 0 Å². The van der Waals surface area contributed by atoms with E-state index in [0.29, 0.717) is 12.4 Å². The van der Waals surface area contributed by atoms with Gasteiger partial charge in [0.05, 0.1) is 18.1 Å². The molecule has 0 N–H and O–H groups in total. The Bertz CT molecular complexity index is 1140. The van der Waals surface area contributed by atoms with Crippen molar-refractivity contribution in [1.29, 1.82) is 0 Å². The van der Waals surface area contributed by atoms with Crippen molar-refractivity contribution < 1.29 is 9.47 Å². The normalized spacial score (nSPS) is 11.6. The zero-order valence-electron chi connectivity index (χ0n) is 18.1. The fourth-order valence-electron chi connectivity index (χ4n) is 3.59. The van der Waals surface area contributed by atoms with Crippen LogP contribution in [0, 0.1) is 0 Å². The summed E-state index contributed by atoms with van der Waals surface area (Å²) in [6.07, 6.45) is 0. The van der Waals surface area contributed by atoms with Crippen LogP contribution < -0.4 is 9.47 Å². The molecule has 0 saturated heterocycles. The summed E-state index contributed by atoms with van der Waals surface area (Å²) in [5, 5.41) is 0. The largest absolute Gasteiger partial charge is 0.493 e. The van der Waals surface area contributed by atoms with E-state index in [1.54, 1.807) is 7.11 Å². The Balaban J connectivity index is 1.63. The SMILES string of the molecule is COc1ccccc1OCc1nc2ccccc2n1Cc1ccc(C(C)(C)C)cc1. The van der Waals surface area contributed by atoms with E-state index < -0.39 is 0 Å². The average molecular weight is 401 g/mol. The molecule has 0 amide bonds. The lowest BCUT2D eigenvalue weighted by Gasteiger charge is -2.19. The number of ether oxygens (including phenoxy) is 2. The number of hydrogen-bond donors (Lipinski definition) is 0. The number of methoxy groups -OCH3 is 1. The van der Waals surface area contributed by atoms with Crippen molar-refractivity contribution in [1.82, 2.24) is 9.55 Å². The maximum Gasteiger partial charge on any atom is 0.161 e. The van der Waals surface area contributed by atoms with Gasteiger partial charge < -0.3 is 14.0 Å². The molecule has 1 aromatic heterocycles. The van der Waals surface area contributed by atoms with Crippen LogP contribution >= 0.6 is 0 Å². The Kier molecular flexibility index (Phi) is 5.49. The molecule has 3 aromatic carbocycles. The first-order chi connectivity index (χ1) is 14.5. The van der Waals surface area contributed by atoms with Gasteiger partial charge in [-0.3, -0.25) is 0 Å². The van der Waals surface area contributed by atoms with Crippen LogP contribution in [0.2, 0.25) is 0 Å². The third-order valence-electron chi connectivity index (χ3n) is 5.32. The first-order valence-corrected chi connectivity index (χ1v) is 10.2. The van der Waals surface area contributed by atoms with Crippen molar-refractivity contribution in [3.8, 4) is 11.5 Å². The first kappa shape index (κ1) is 20.0. The smallest absolute Gasteiger partial charge is 0.161 e. The summed E-state index contributed by atoms with van der Waals surface area (Å²) in [6.45, 7) is 7.82. The minimum absolute atomic E-state index is 0.147. The lowest BCUT2D eigenvalue weighted by Crippen LogP contribution is -2.12. The lowest BCUT2D eigenvalue weighted by molar-refractivity contribution is 0.273. The van der Waals surface area contributed by atoms with Crippen molar-refractivity contribution in [2.45, 2.75) is 39.3 Å². The Labute approximate surface area is 178 Å². The third kappa shape index (κ3) is 4.18. The monoisotopic (exact) mass is 400 g/mol. The van der Waals surface area contributed by atoms with Gasteiger partial charge in [0.15, 0.2) is 11.5 Å². The van der Waals surface area contributed by atoms with Gasteiger partial charge in [0.1, 0.15) is 12.4 Å². The zero-order valence-corrected chi connectivity index (χ0v) is 18.1. The quantitative estimate of drug-likeness (QED) is 0.400. The highest BCUT2D eigenvalue weighted by Crippen LogP contribution is 2.28. The van der Waals surface area contributed by atoms with Crippen LogP contribution in [0.5, 0.6) is 11.5 Å². The predicted molar refractivity (Wildman–Crippen MR) is 121 cm³/mol. The molecule has 0 unspecified atom stereocenters. The minimum atomic E-state index is 0.147. The molecule has 4 aromatic rings. The summed E-state index contributed by atoms with van der Waals surface area (Å²) in [5.41, 5.74) is 4.80. The molecule has 0 radical (unpaired) electrons. The van der Waals surface area contributed by atoms with Gasteiger partial charge in [-0.15, -0.1) is 0 Å². The Morgan fingerprint density at radius 1 is 0.833 bits per heavy atom. The summed E-state index contributed by atoms with van der Waals surface area (Å²) in [4.78, 5) is 4.83. The van der Waals surface area contributed by atoms with Gasteiger partial charge >= 0.3 is 0 Å². The molecule has 0 atom stereocenters. The van der Waals surface area contributed by atoms with Crippen LogP contribution in [0.4, 0.5) is 0 Å². The molecular formula is C26H28N2O2. The summed E-state index contributed by atoms with van der Waals surface area (Å²) < 4.78 is 13.7. The van der Waals surface area contributed by atoms with Crippen molar-refractivity contribution in [2.24, 2.45) is 0 Å². The van der Waals surface area contributed by atoms with E-state index >= 15 is 0 Å². The maximum atomic E-state index is 6.08. The van der Waals surface area contributed by atoms with E-state index in [0.717, 1.165) is 29.2 Å². The molecule has 0 spiro atoms. The predicted octanol–water partition coefficient (Wildman–Crippen LogP) is 5.97. The van der Waals surface area contributed by atoms with Crippen LogP contribution in [-0.2, 0) is 18.6 Å². The Morgan fingerprint density at radius 3 is 2.20 bits per heavy atom. The summed E-state index contributed by atoms with van der Waals surface area (Å²) >= 11 is 0. The molecule has 4 heteroatoms. The van der Waals surface area contributed by atoms with Crippen LogP contribution in [0.25, 0.3) is 11.0 Å². The number of nitrogens with zero attached hydrogens (tertiary/aromatic N) is 2. The molecular weight excluding hydrogens is 372 g/mol. The maximum absolute atomic E-state index is 6.08. The van der Waals surface area contributed by atoms with E-state index in [1.165, 1.54) is 11.1 Å². The molecule has 30 heavy (non-hydrogen) atoms. The molecule has 4 nitrogen and oxygen atoms in total. The number of para-hydroxylation sites is 4. The van der Waals surface area contributed by atoms with Gasteiger partial charge in [-0.2, -0.15) is 0 Å². The van der Waals surface area contributed by atoms with Crippen LogP contribution in [0.3, 0.4) is 0 Å². The lowest BCUT2D eigenvalue weighted by atomic mass is 9.87. The highest BCUT2D eigenvalue weighted by atomic mass is 16.5. The van der Waals surface area contributed by atoms with Crippen LogP contribution in [0.1, 0.15) is 37.7 Å². The van der Waals surface area contributed by atoms with E-state index in [1.807, 2.05) is 42.5 Å². The molecule has 1 heterocycles. The van der Waals surface area contributed by atoms with Gasteiger partial charge in [-0.25, -0.2) is 4.98 Å². The van der Waals surface area contributed by atoms with E-state index in [9.17, 15) is 0 Å². The topological polar surface area (TPSA) is 36.3 Å². The highest BCUT2D eigenvalue weighted by molar-refractivity contribution is 5.76. The third-order valence-corrected chi connectivity index (χ3v) is 5.32. The van der Waals surface area contributed by atoms with Gasteiger partial charge in [0, 0.05) is 6.54 Å². The first-order valence-electron chi connectivity index (χ1n) is 10.2. The molecule has 0 aliphatic carbocycles. The van der Waals surface area contributed by atoms with Gasteiger partial charge in [-0.05, 0) is 40.8 Å². The molecule has 0 saturated carbocycles. The Hall–Kier alpha value is -3.27. The minimum Gasteiger partial charge on any atom is -0.493 e. The van der Waals surface area contributed by atoms with E-state index in [2.05, 4.69) is 55.7 Å². The summed E-state index contributed by atoms with van der Waals surface area (Å²) in [5.74, 6) is 2.33. The standard InChI is InChI=1S/C26H28N2O2/c1-26(2,3)20-15-13-19(14-16-20)17-28-22-10-6-5-9-21(22)27-25(28)18-30-24-12-8-7-11-23(24)29-4/h5-16H,17-18H2,1-4H3. The van der Waals surface area contributed by atoms with Crippen molar-refractivity contribution in [2.75, 3.05) is 7.11 Å². The second-order valence-electron chi connectivity index (χ2n) is 8.49. The molecule has 0 fully saturated rings. The van der Waals surface area contributed by atoms with Crippen molar-refractivity contribution in [3.63, 3.8) is 0 Å². The second kappa shape index (κ2) is 8.23. The number of fused-ring (bicyclic) bond motifs is 1. The second-order valence-corrected chi connectivity index (χ2v) is 8.49. The number of benzene rings is 3. The molecule has 0 aliphatic rings. The van der Waals surface area contributed by atoms with Crippen molar-refractivity contribution >= 4 is 11.0 Å². The Morgan fingerprint density at radius 2 is 1.50 bits per heavy atom. The number of aromatic nitrogens is 2. The number of imidazole rings is 1. The number of rotatable bonds is 6. The van der Waals surface area contributed by atoms with E-state index in [-0.39, 0.29) is 5.41 Å². The molecule has 0 aliphatic heterocycles. The summed E-state index contributed by atoms with van der Waals surface area (Å²) in [7, 11) is 1.65. The molecule has 154 valence electrons. The highest BCUT2D eigenvalue weighted by Gasteiger charge is 2.15.